The minimum Gasteiger partial charge on any atom is -0.335 e. The van der Waals surface area contributed by atoms with Gasteiger partial charge in [0.1, 0.15) is 5.82 Å². The van der Waals surface area contributed by atoms with E-state index in [9.17, 15) is 0 Å². The predicted molar refractivity (Wildman–Crippen MR) is 85.4 cm³/mol. The summed E-state index contributed by atoms with van der Waals surface area (Å²) >= 11 is 9.78. The van der Waals surface area contributed by atoms with Crippen LogP contribution in [0.4, 0.5) is 0 Å². The summed E-state index contributed by atoms with van der Waals surface area (Å²) in [6.07, 6.45) is 5.58. The number of nitrogens with one attached hydrogen (secondary N) is 1. The number of hydrogen-bond donors (Lipinski definition) is 2. The summed E-state index contributed by atoms with van der Waals surface area (Å²) in [4.78, 5) is 4.41. The van der Waals surface area contributed by atoms with Crippen molar-refractivity contribution in [2.24, 2.45) is 5.84 Å². The molecule has 0 aliphatic heterocycles. The Morgan fingerprint density at radius 2 is 2.30 bits per heavy atom. The maximum atomic E-state index is 6.34. The summed E-state index contributed by atoms with van der Waals surface area (Å²) in [5.41, 5.74) is 3.80. The number of rotatable bonds is 6. The lowest BCUT2D eigenvalue weighted by Crippen LogP contribution is -2.30. The molecule has 6 heteroatoms. The molecule has 20 heavy (non-hydrogen) atoms. The third-order valence-electron chi connectivity index (χ3n) is 3.21. The van der Waals surface area contributed by atoms with Gasteiger partial charge in [0.05, 0.1) is 11.1 Å². The van der Waals surface area contributed by atoms with Gasteiger partial charge in [-0.25, -0.2) is 4.98 Å². The van der Waals surface area contributed by atoms with Crippen molar-refractivity contribution in [3.8, 4) is 0 Å². The largest absolute Gasteiger partial charge is 0.335 e. The second-order valence-electron chi connectivity index (χ2n) is 4.60. The number of nitrogens with zero attached hydrogens (tertiary/aromatic N) is 2. The normalized spacial score (nSPS) is 12.6. The molecule has 108 valence electrons. The van der Waals surface area contributed by atoms with Crippen molar-refractivity contribution >= 4 is 27.5 Å². The molecule has 0 fully saturated rings. The van der Waals surface area contributed by atoms with Crippen LogP contribution in [0, 0.1) is 0 Å². The third kappa shape index (κ3) is 3.41. The lowest BCUT2D eigenvalue weighted by molar-refractivity contribution is 0.517. The molecule has 0 aliphatic rings. The van der Waals surface area contributed by atoms with Gasteiger partial charge in [0.25, 0.3) is 0 Å². The first kappa shape index (κ1) is 15.5. The summed E-state index contributed by atoms with van der Waals surface area (Å²) in [7, 11) is 0. The Hall–Kier alpha value is -0.880. The van der Waals surface area contributed by atoms with E-state index in [0.29, 0.717) is 11.4 Å². The van der Waals surface area contributed by atoms with Crippen molar-refractivity contribution in [3.05, 3.63) is 51.5 Å². The Morgan fingerprint density at radius 3 is 3.00 bits per heavy atom. The van der Waals surface area contributed by atoms with Crippen molar-refractivity contribution < 1.29 is 0 Å². The molecule has 1 heterocycles. The fraction of sp³-hybridized carbons (Fsp3) is 0.357. The van der Waals surface area contributed by atoms with Crippen LogP contribution < -0.4 is 11.3 Å². The van der Waals surface area contributed by atoms with Crippen LogP contribution in [0.2, 0.25) is 5.02 Å². The van der Waals surface area contributed by atoms with E-state index in [-0.39, 0.29) is 6.04 Å². The maximum absolute atomic E-state index is 6.34. The minimum absolute atomic E-state index is 0.0713. The van der Waals surface area contributed by atoms with Crippen LogP contribution in [0.1, 0.15) is 30.8 Å². The lowest BCUT2D eigenvalue weighted by Gasteiger charge is -2.18. The van der Waals surface area contributed by atoms with Crippen LogP contribution in [0.3, 0.4) is 0 Å². The van der Waals surface area contributed by atoms with E-state index in [1.54, 1.807) is 0 Å². The first-order chi connectivity index (χ1) is 9.67. The van der Waals surface area contributed by atoms with Crippen molar-refractivity contribution in [2.45, 2.75) is 32.4 Å². The van der Waals surface area contributed by atoms with Gasteiger partial charge in [-0.05, 0) is 34.0 Å². The van der Waals surface area contributed by atoms with Crippen LogP contribution in [-0.4, -0.2) is 9.55 Å². The highest BCUT2D eigenvalue weighted by molar-refractivity contribution is 9.10. The van der Waals surface area contributed by atoms with Gasteiger partial charge >= 0.3 is 0 Å². The third-order valence-corrected chi connectivity index (χ3v) is 4.52. The van der Waals surface area contributed by atoms with Crippen molar-refractivity contribution in [1.29, 1.82) is 0 Å². The van der Waals surface area contributed by atoms with Crippen LogP contribution in [0.15, 0.2) is 35.1 Å². The fourth-order valence-corrected chi connectivity index (χ4v) is 2.84. The van der Waals surface area contributed by atoms with E-state index in [4.69, 9.17) is 17.4 Å². The minimum atomic E-state index is -0.0713. The highest BCUT2D eigenvalue weighted by Gasteiger charge is 2.17. The standard InChI is InChI=1S/C14H18BrClN4/c1-2-7-20-8-6-18-13(20)9-12(19-17)10-4-3-5-11(15)14(10)16/h3-6,8,12,19H,2,7,9,17H2,1H3. The summed E-state index contributed by atoms with van der Waals surface area (Å²) in [6, 6.07) is 5.77. The number of aromatic nitrogens is 2. The van der Waals surface area contributed by atoms with E-state index in [1.807, 2.05) is 30.6 Å². The lowest BCUT2D eigenvalue weighted by atomic mass is 10.0. The molecule has 0 spiro atoms. The fourth-order valence-electron chi connectivity index (χ4n) is 2.21. The van der Waals surface area contributed by atoms with Gasteiger partial charge in [0.2, 0.25) is 0 Å². The molecular weight excluding hydrogens is 340 g/mol. The van der Waals surface area contributed by atoms with Gasteiger partial charge in [-0.1, -0.05) is 30.7 Å². The Morgan fingerprint density at radius 1 is 1.50 bits per heavy atom. The average molecular weight is 358 g/mol. The Labute approximate surface area is 132 Å². The van der Waals surface area contributed by atoms with E-state index in [1.165, 1.54) is 0 Å². The van der Waals surface area contributed by atoms with Crippen LogP contribution >= 0.6 is 27.5 Å². The van der Waals surface area contributed by atoms with Gasteiger partial charge in [-0.3, -0.25) is 11.3 Å². The topological polar surface area (TPSA) is 55.9 Å². The molecule has 2 aromatic rings. The zero-order chi connectivity index (χ0) is 14.5. The highest BCUT2D eigenvalue weighted by atomic mass is 79.9. The van der Waals surface area contributed by atoms with Crippen LogP contribution in [-0.2, 0) is 13.0 Å². The monoisotopic (exact) mass is 356 g/mol. The van der Waals surface area contributed by atoms with Gasteiger partial charge < -0.3 is 4.57 Å². The molecule has 3 N–H and O–H groups in total. The Bertz CT molecular complexity index is 570. The Kier molecular flexibility index (Phi) is 5.60. The molecule has 4 nitrogen and oxygen atoms in total. The van der Waals surface area contributed by atoms with Gasteiger partial charge in [0.15, 0.2) is 0 Å². The quantitative estimate of drug-likeness (QED) is 0.615. The predicted octanol–water partition coefficient (Wildman–Crippen LogP) is 3.46. The summed E-state index contributed by atoms with van der Waals surface area (Å²) in [6.45, 7) is 3.10. The molecule has 0 radical (unpaired) electrons. The van der Waals surface area contributed by atoms with Crippen molar-refractivity contribution in [2.75, 3.05) is 0 Å². The molecule has 0 bridgehead atoms. The molecule has 1 atom stereocenters. The highest BCUT2D eigenvalue weighted by Crippen LogP contribution is 2.31. The summed E-state index contributed by atoms with van der Waals surface area (Å²) in [5, 5.41) is 0.684. The SMILES string of the molecule is CCCn1ccnc1CC(NN)c1cccc(Br)c1Cl. The summed E-state index contributed by atoms with van der Waals surface area (Å²) < 4.78 is 3.02. The Balaban J connectivity index is 2.24. The first-order valence-electron chi connectivity index (χ1n) is 6.57. The molecular formula is C14H18BrClN4. The molecule has 0 amide bonds. The molecule has 1 aromatic carbocycles. The molecule has 0 aliphatic carbocycles. The zero-order valence-electron chi connectivity index (χ0n) is 11.3. The smallest absolute Gasteiger partial charge is 0.110 e. The number of hydrogen-bond acceptors (Lipinski definition) is 3. The van der Waals surface area contributed by atoms with Gasteiger partial charge in [-0.15, -0.1) is 0 Å². The van der Waals surface area contributed by atoms with Gasteiger partial charge in [-0.2, -0.15) is 0 Å². The zero-order valence-corrected chi connectivity index (χ0v) is 13.7. The van der Waals surface area contributed by atoms with Crippen molar-refractivity contribution in [3.63, 3.8) is 0 Å². The first-order valence-corrected chi connectivity index (χ1v) is 7.74. The van der Waals surface area contributed by atoms with E-state index < -0.39 is 0 Å². The molecule has 1 unspecified atom stereocenters. The van der Waals surface area contributed by atoms with Crippen LogP contribution in [0.25, 0.3) is 0 Å². The number of nitrogens with two attached hydrogens (primary N) is 1. The van der Waals surface area contributed by atoms with Crippen molar-refractivity contribution in [1.82, 2.24) is 15.0 Å². The second kappa shape index (κ2) is 7.22. The maximum Gasteiger partial charge on any atom is 0.110 e. The molecule has 2 rings (SSSR count). The number of hydrazine groups is 1. The number of halogens is 2. The molecule has 0 saturated heterocycles. The summed E-state index contributed by atoms with van der Waals surface area (Å²) in [5.74, 6) is 6.71. The van der Waals surface area contributed by atoms with Crippen LogP contribution in [0.5, 0.6) is 0 Å². The van der Waals surface area contributed by atoms with Gasteiger partial charge in [0, 0.05) is 29.8 Å². The van der Waals surface area contributed by atoms with E-state index in [2.05, 4.69) is 37.8 Å². The second-order valence-corrected chi connectivity index (χ2v) is 5.84. The van der Waals surface area contributed by atoms with E-state index in [0.717, 1.165) is 28.8 Å². The molecule has 0 saturated carbocycles. The molecule has 1 aromatic heterocycles. The number of aryl methyl sites for hydroxylation is 1. The number of benzene rings is 1. The average Bonchev–Trinajstić information content (AvgIpc) is 2.87. The number of imidazole rings is 1. The van der Waals surface area contributed by atoms with E-state index >= 15 is 0 Å².